The standard InChI is InChI=1S/C41H46F2N10O3/c1-39(2,3)33-26-40(55,24-31-6-4-8-34-47-36(49-52(31)34)45-29-14-10-27(42)11-15-29)20-23-51(33)38(54)56-41(18-21-44-22-19-41)25-32-7-5-9-35-48-37(50-53(32)35)46-30-16-12-28(43)13-17-30/h4-17,33,44,55H,18-26H2,1-3H3,(H,45,49)(H,46,50). The maximum Gasteiger partial charge on any atom is 0.410 e. The van der Waals surface area contributed by atoms with Crippen molar-refractivity contribution in [3.8, 4) is 0 Å². The second-order valence-electron chi connectivity index (χ2n) is 16.1. The van der Waals surface area contributed by atoms with E-state index in [4.69, 9.17) is 9.84 Å². The molecule has 15 heteroatoms. The molecule has 1 amide bonds. The summed E-state index contributed by atoms with van der Waals surface area (Å²) in [5.41, 5.74) is 1.87. The van der Waals surface area contributed by atoms with E-state index < -0.39 is 17.3 Å². The number of piperidine rings is 2. The first-order valence-corrected chi connectivity index (χ1v) is 19.0. The van der Waals surface area contributed by atoms with Crippen LogP contribution in [0.5, 0.6) is 0 Å². The molecular weight excluding hydrogens is 719 g/mol. The molecule has 2 aromatic carbocycles. The fourth-order valence-corrected chi connectivity index (χ4v) is 7.93. The largest absolute Gasteiger partial charge is 0.442 e. The van der Waals surface area contributed by atoms with E-state index in [1.54, 1.807) is 38.2 Å². The SMILES string of the molecule is CC(C)(C)C1CC(O)(Cc2cccc3nc(Nc4ccc(F)cc4)nn23)CCN1C(=O)OC1(Cc2cccc3nc(Nc4ccc(F)cc4)nn23)CCNCC1. The molecule has 2 aliphatic rings. The van der Waals surface area contributed by atoms with Crippen LogP contribution in [0.1, 0.15) is 57.8 Å². The lowest BCUT2D eigenvalue weighted by atomic mass is 9.73. The molecule has 0 radical (unpaired) electrons. The van der Waals surface area contributed by atoms with E-state index in [0.29, 0.717) is 92.7 Å². The Balaban J connectivity index is 0.997. The number of aliphatic hydroxyl groups is 1. The lowest BCUT2D eigenvalue weighted by Crippen LogP contribution is -2.59. The van der Waals surface area contributed by atoms with Crippen molar-refractivity contribution in [3.63, 3.8) is 0 Å². The average molecular weight is 765 g/mol. The minimum atomic E-state index is -1.13. The second kappa shape index (κ2) is 14.8. The third-order valence-corrected chi connectivity index (χ3v) is 10.9. The molecule has 56 heavy (non-hydrogen) atoms. The van der Waals surface area contributed by atoms with E-state index in [1.165, 1.54) is 24.3 Å². The number of halogens is 2. The van der Waals surface area contributed by atoms with Crippen LogP contribution in [0.3, 0.4) is 0 Å². The van der Waals surface area contributed by atoms with Crippen molar-refractivity contribution < 1.29 is 23.4 Å². The highest BCUT2D eigenvalue weighted by Gasteiger charge is 2.47. The van der Waals surface area contributed by atoms with Gasteiger partial charge in [-0.05, 0) is 104 Å². The Labute approximate surface area is 323 Å². The van der Waals surface area contributed by atoms with E-state index in [-0.39, 0.29) is 23.1 Å². The Hall–Kier alpha value is -5.67. The molecular formula is C41H46F2N10O3. The molecule has 0 saturated carbocycles. The summed E-state index contributed by atoms with van der Waals surface area (Å²) in [6, 6.07) is 23.0. The highest BCUT2D eigenvalue weighted by atomic mass is 19.1. The van der Waals surface area contributed by atoms with E-state index in [1.807, 2.05) is 36.4 Å². The Morgan fingerprint density at radius 3 is 1.84 bits per heavy atom. The summed E-state index contributed by atoms with van der Waals surface area (Å²) in [5, 5.41) is 31.3. The predicted molar refractivity (Wildman–Crippen MR) is 208 cm³/mol. The molecule has 0 bridgehead atoms. The maximum atomic E-state index is 14.4. The highest BCUT2D eigenvalue weighted by Crippen LogP contribution is 2.40. The highest BCUT2D eigenvalue weighted by molar-refractivity contribution is 5.69. The number of anilines is 4. The number of ether oxygens (including phenoxy) is 1. The molecule has 13 nitrogen and oxygen atoms in total. The van der Waals surface area contributed by atoms with Crippen LogP contribution in [0.15, 0.2) is 84.9 Å². The van der Waals surface area contributed by atoms with Gasteiger partial charge < -0.3 is 30.7 Å². The number of nitrogens with zero attached hydrogens (tertiary/aromatic N) is 7. The molecule has 6 heterocycles. The van der Waals surface area contributed by atoms with Crippen LogP contribution in [-0.4, -0.2) is 82.2 Å². The summed E-state index contributed by atoms with van der Waals surface area (Å²) < 4.78 is 37.0. The fourth-order valence-electron chi connectivity index (χ4n) is 7.93. The van der Waals surface area contributed by atoms with Crippen LogP contribution < -0.4 is 16.0 Å². The van der Waals surface area contributed by atoms with Crippen molar-refractivity contribution in [2.45, 2.75) is 76.5 Å². The van der Waals surface area contributed by atoms with Crippen LogP contribution in [0.25, 0.3) is 11.3 Å². The van der Waals surface area contributed by atoms with Crippen molar-refractivity contribution in [2.24, 2.45) is 5.41 Å². The molecule has 2 atom stereocenters. The quantitative estimate of drug-likeness (QED) is 0.124. The number of fused-ring (bicyclic) bond motifs is 2. The number of rotatable bonds is 9. The van der Waals surface area contributed by atoms with Crippen LogP contribution >= 0.6 is 0 Å². The second-order valence-corrected chi connectivity index (χ2v) is 16.1. The van der Waals surface area contributed by atoms with Crippen LogP contribution in [0.2, 0.25) is 0 Å². The average Bonchev–Trinajstić information content (AvgIpc) is 3.78. The van der Waals surface area contributed by atoms with Crippen molar-refractivity contribution in [3.05, 3.63) is 108 Å². The smallest absolute Gasteiger partial charge is 0.410 e. The zero-order valence-electron chi connectivity index (χ0n) is 31.7. The van der Waals surface area contributed by atoms with Gasteiger partial charge >= 0.3 is 6.09 Å². The van der Waals surface area contributed by atoms with Gasteiger partial charge in [-0.1, -0.05) is 32.9 Å². The number of hydrogen-bond acceptors (Lipinski definition) is 10. The predicted octanol–water partition coefficient (Wildman–Crippen LogP) is 6.82. The van der Waals surface area contributed by atoms with Gasteiger partial charge in [0.05, 0.1) is 5.60 Å². The van der Waals surface area contributed by atoms with Gasteiger partial charge in [-0.15, -0.1) is 10.2 Å². The molecule has 0 spiro atoms. The van der Waals surface area contributed by atoms with Crippen molar-refractivity contribution >= 4 is 40.7 Å². The van der Waals surface area contributed by atoms with Crippen LogP contribution in [0.4, 0.5) is 36.8 Å². The number of amides is 1. The number of carbonyl (C=O) groups excluding carboxylic acids is 1. The monoisotopic (exact) mass is 764 g/mol. The Morgan fingerprint density at radius 1 is 0.804 bits per heavy atom. The zero-order valence-corrected chi connectivity index (χ0v) is 31.7. The van der Waals surface area contributed by atoms with E-state index in [9.17, 15) is 18.7 Å². The van der Waals surface area contributed by atoms with Gasteiger partial charge in [0.15, 0.2) is 11.3 Å². The summed E-state index contributed by atoms with van der Waals surface area (Å²) >= 11 is 0. The van der Waals surface area contributed by atoms with Crippen LogP contribution in [0, 0.1) is 17.0 Å². The molecule has 292 valence electrons. The zero-order chi connectivity index (χ0) is 39.1. The van der Waals surface area contributed by atoms with Crippen molar-refractivity contribution in [2.75, 3.05) is 30.3 Å². The fraction of sp³-hybridized carbons (Fsp3) is 0.390. The normalized spacial score (nSPS) is 20.0. The lowest BCUT2D eigenvalue weighted by Gasteiger charge is -2.49. The number of carbonyl (C=O) groups is 1. The Bertz CT molecular complexity index is 2330. The number of nitrogens with one attached hydrogen (secondary N) is 3. The molecule has 4 aromatic heterocycles. The minimum absolute atomic E-state index is 0.300. The summed E-state index contributed by atoms with van der Waals surface area (Å²) in [6.45, 7) is 7.94. The molecule has 8 rings (SSSR count). The maximum absolute atomic E-state index is 14.4. The van der Waals surface area contributed by atoms with Gasteiger partial charge in [0.2, 0.25) is 11.9 Å². The van der Waals surface area contributed by atoms with Gasteiger partial charge in [-0.25, -0.2) is 22.6 Å². The first-order valence-electron chi connectivity index (χ1n) is 19.0. The molecule has 2 fully saturated rings. The summed E-state index contributed by atoms with van der Waals surface area (Å²) in [5.74, 6) is 0.0687. The van der Waals surface area contributed by atoms with Gasteiger partial charge in [0.25, 0.3) is 0 Å². The van der Waals surface area contributed by atoms with Gasteiger partial charge in [0.1, 0.15) is 17.2 Å². The third kappa shape index (κ3) is 8.00. The minimum Gasteiger partial charge on any atom is -0.442 e. The number of pyridine rings is 2. The van der Waals surface area contributed by atoms with E-state index in [2.05, 4.69) is 51.8 Å². The Kier molecular flexibility index (Phi) is 9.83. The molecule has 2 saturated heterocycles. The van der Waals surface area contributed by atoms with Crippen LogP contribution in [-0.2, 0) is 17.6 Å². The molecule has 2 unspecified atom stereocenters. The molecule has 6 aromatic rings. The molecule has 2 aliphatic heterocycles. The summed E-state index contributed by atoms with van der Waals surface area (Å²) in [4.78, 5) is 25.4. The number of benzene rings is 2. The first kappa shape index (κ1) is 37.3. The van der Waals surface area contributed by atoms with E-state index in [0.717, 1.165) is 11.4 Å². The molecule has 0 aliphatic carbocycles. The third-order valence-electron chi connectivity index (χ3n) is 10.9. The summed E-state index contributed by atoms with van der Waals surface area (Å²) in [6.07, 6.45) is 2.24. The first-order chi connectivity index (χ1) is 26.8. The number of likely N-dealkylation sites (tertiary alicyclic amines) is 1. The number of aromatic nitrogens is 6. The van der Waals surface area contributed by atoms with Gasteiger partial charge in [0, 0.05) is 61.0 Å². The van der Waals surface area contributed by atoms with E-state index >= 15 is 0 Å². The van der Waals surface area contributed by atoms with Crippen molar-refractivity contribution in [1.29, 1.82) is 0 Å². The van der Waals surface area contributed by atoms with Gasteiger partial charge in [-0.2, -0.15) is 9.97 Å². The van der Waals surface area contributed by atoms with Gasteiger partial charge in [-0.3, -0.25) is 0 Å². The lowest BCUT2D eigenvalue weighted by molar-refractivity contribution is -0.0872. The van der Waals surface area contributed by atoms with Crippen molar-refractivity contribution in [1.82, 2.24) is 39.4 Å². The topological polar surface area (TPSA) is 146 Å². The summed E-state index contributed by atoms with van der Waals surface area (Å²) in [7, 11) is 0. The number of hydrogen-bond donors (Lipinski definition) is 4. The molecule has 4 N–H and O–H groups in total. The Morgan fingerprint density at radius 2 is 1.32 bits per heavy atom.